The highest BCUT2D eigenvalue weighted by Crippen LogP contribution is 2.32. The summed E-state index contributed by atoms with van der Waals surface area (Å²) in [4.78, 5) is 33.9. The number of aromatic nitrogens is 2. The Balaban J connectivity index is 1.76. The molecule has 0 saturated heterocycles. The lowest BCUT2D eigenvalue weighted by molar-refractivity contribution is -0.386. The quantitative estimate of drug-likeness (QED) is 0.383. The second-order valence-corrected chi connectivity index (χ2v) is 7.64. The highest BCUT2D eigenvalue weighted by molar-refractivity contribution is 5.91. The Bertz CT molecular complexity index is 1250. The van der Waals surface area contributed by atoms with Crippen molar-refractivity contribution in [3.63, 3.8) is 0 Å². The van der Waals surface area contributed by atoms with Crippen molar-refractivity contribution < 1.29 is 19.4 Å². The van der Waals surface area contributed by atoms with Gasteiger partial charge in [0.2, 0.25) is 5.91 Å². The molecule has 0 radical (unpaired) electrons. The molecule has 0 saturated carbocycles. The van der Waals surface area contributed by atoms with Gasteiger partial charge in [0.1, 0.15) is 22.9 Å². The van der Waals surface area contributed by atoms with Gasteiger partial charge in [0.05, 0.1) is 28.1 Å². The molecule has 11 heteroatoms. The Kier molecular flexibility index (Phi) is 6.71. The Hall–Kier alpha value is -4.28. The molecule has 0 unspecified atom stereocenters. The average Bonchev–Trinajstić information content (AvgIpc) is 3.02. The second kappa shape index (κ2) is 9.47. The lowest BCUT2D eigenvalue weighted by atomic mass is 10.1. The van der Waals surface area contributed by atoms with Gasteiger partial charge >= 0.3 is 5.69 Å². The zero-order chi connectivity index (χ0) is 24.3. The first kappa shape index (κ1) is 23.4. The number of carbonyl (C=O) groups excluding carboxylic acids is 1. The first-order valence-electron chi connectivity index (χ1n) is 10.1. The van der Waals surface area contributed by atoms with Crippen LogP contribution in [0.15, 0.2) is 36.4 Å². The van der Waals surface area contributed by atoms with Crippen molar-refractivity contribution in [1.29, 1.82) is 0 Å². The van der Waals surface area contributed by atoms with Crippen LogP contribution >= 0.6 is 0 Å². The van der Waals surface area contributed by atoms with Crippen LogP contribution in [0.25, 0.3) is 0 Å². The maximum Gasteiger partial charge on any atom is 0.312 e. The van der Waals surface area contributed by atoms with Gasteiger partial charge in [-0.15, -0.1) is 0 Å². The van der Waals surface area contributed by atoms with Crippen molar-refractivity contribution in [3.8, 4) is 11.5 Å². The highest BCUT2D eigenvalue weighted by Gasteiger charge is 2.22. The van der Waals surface area contributed by atoms with Crippen molar-refractivity contribution in [1.82, 2.24) is 9.78 Å². The van der Waals surface area contributed by atoms with Crippen LogP contribution < -0.4 is 10.1 Å². The fraction of sp³-hybridized carbons (Fsp3) is 0.273. The monoisotopic (exact) mass is 453 g/mol. The fourth-order valence-corrected chi connectivity index (χ4v) is 3.36. The summed E-state index contributed by atoms with van der Waals surface area (Å²) in [7, 11) is 0. The van der Waals surface area contributed by atoms with Gasteiger partial charge in [-0.3, -0.25) is 29.7 Å². The van der Waals surface area contributed by atoms with Gasteiger partial charge in [-0.2, -0.15) is 5.10 Å². The summed E-state index contributed by atoms with van der Waals surface area (Å²) in [6.07, 6.45) is -0.0328. The van der Waals surface area contributed by atoms with E-state index in [4.69, 9.17) is 4.74 Å². The largest absolute Gasteiger partial charge is 0.457 e. The molecule has 1 N–H and O–H groups in total. The van der Waals surface area contributed by atoms with Crippen LogP contribution in [0.4, 0.5) is 17.1 Å². The summed E-state index contributed by atoms with van der Waals surface area (Å²) in [5.74, 6) is 0.338. The number of carbonyl (C=O) groups is 1. The summed E-state index contributed by atoms with van der Waals surface area (Å²) in [6.45, 7) is 6.98. The maximum absolute atomic E-state index is 12.5. The summed E-state index contributed by atoms with van der Waals surface area (Å²) in [5, 5.41) is 29.2. The van der Waals surface area contributed by atoms with E-state index in [1.807, 2.05) is 32.0 Å². The minimum Gasteiger partial charge on any atom is -0.457 e. The predicted molar refractivity (Wildman–Crippen MR) is 121 cm³/mol. The smallest absolute Gasteiger partial charge is 0.312 e. The molecular formula is C22H23N5O6. The van der Waals surface area contributed by atoms with E-state index in [-0.39, 0.29) is 41.5 Å². The molecule has 11 nitrogen and oxygen atoms in total. The fourth-order valence-electron chi connectivity index (χ4n) is 3.36. The lowest BCUT2D eigenvalue weighted by Gasteiger charge is -2.12. The van der Waals surface area contributed by atoms with E-state index >= 15 is 0 Å². The number of aryl methyl sites for hydroxylation is 4. The van der Waals surface area contributed by atoms with Crippen LogP contribution in [0.1, 0.15) is 28.9 Å². The zero-order valence-electron chi connectivity index (χ0n) is 18.6. The van der Waals surface area contributed by atoms with Crippen LogP contribution in [-0.4, -0.2) is 25.5 Å². The number of hydrogen-bond donors (Lipinski definition) is 1. The van der Waals surface area contributed by atoms with E-state index < -0.39 is 15.8 Å². The predicted octanol–water partition coefficient (Wildman–Crippen LogP) is 4.75. The molecule has 0 aliphatic heterocycles. The molecule has 172 valence electrons. The topological polar surface area (TPSA) is 142 Å². The molecule has 3 rings (SSSR count). The number of hydrogen-bond acceptors (Lipinski definition) is 7. The number of ether oxygens (including phenoxy) is 1. The van der Waals surface area contributed by atoms with E-state index in [0.29, 0.717) is 11.4 Å². The molecule has 1 amide bonds. The minimum atomic E-state index is -0.569. The molecule has 2 aromatic carbocycles. The molecule has 0 fully saturated rings. The van der Waals surface area contributed by atoms with E-state index in [2.05, 4.69) is 10.4 Å². The molecule has 0 aliphatic rings. The molecule has 3 aromatic rings. The summed E-state index contributed by atoms with van der Waals surface area (Å²) >= 11 is 0. The third kappa shape index (κ3) is 5.50. The Morgan fingerprint density at radius 2 is 1.79 bits per heavy atom. The normalized spacial score (nSPS) is 10.7. The van der Waals surface area contributed by atoms with Crippen LogP contribution in [0, 0.1) is 47.9 Å². The van der Waals surface area contributed by atoms with Crippen LogP contribution in [-0.2, 0) is 11.3 Å². The van der Waals surface area contributed by atoms with E-state index in [1.165, 1.54) is 29.8 Å². The van der Waals surface area contributed by atoms with Gasteiger partial charge in [-0.1, -0.05) is 12.1 Å². The lowest BCUT2D eigenvalue weighted by Crippen LogP contribution is -2.16. The SMILES string of the molecule is Cc1ccc(C)c(Oc2cc(NC(=O)CCn3nc(C)c([N+](=O)[O-])c3C)cc([N+](=O)[O-])c2)c1. The molecule has 0 atom stereocenters. The number of amides is 1. The van der Waals surface area contributed by atoms with Gasteiger partial charge in [0, 0.05) is 18.6 Å². The van der Waals surface area contributed by atoms with Gasteiger partial charge in [0.25, 0.3) is 5.69 Å². The van der Waals surface area contributed by atoms with Gasteiger partial charge in [-0.05, 0) is 44.9 Å². The average molecular weight is 453 g/mol. The summed E-state index contributed by atoms with van der Waals surface area (Å²) in [6, 6.07) is 9.65. The number of nitrogens with zero attached hydrogens (tertiary/aromatic N) is 4. The molecule has 0 bridgehead atoms. The van der Waals surface area contributed by atoms with E-state index in [9.17, 15) is 25.0 Å². The third-order valence-electron chi connectivity index (χ3n) is 5.03. The Morgan fingerprint density at radius 3 is 2.42 bits per heavy atom. The molecular weight excluding hydrogens is 430 g/mol. The van der Waals surface area contributed by atoms with Gasteiger partial charge in [-0.25, -0.2) is 0 Å². The highest BCUT2D eigenvalue weighted by atomic mass is 16.6. The van der Waals surface area contributed by atoms with Gasteiger partial charge < -0.3 is 10.1 Å². The Labute approximate surface area is 189 Å². The summed E-state index contributed by atoms with van der Waals surface area (Å²) < 4.78 is 7.25. The Morgan fingerprint density at radius 1 is 1.06 bits per heavy atom. The van der Waals surface area contributed by atoms with Crippen molar-refractivity contribution in [2.24, 2.45) is 0 Å². The number of benzene rings is 2. The number of nitrogens with one attached hydrogen (secondary N) is 1. The van der Waals surface area contributed by atoms with Crippen molar-refractivity contribution >= 4 is 23.0 Å². The molecule has 1 aromatic heterocycles. The second-order valence-electron chi connectivity index (χ2n) is 7.64. The molecule has 0 aliphatic carbocycles. The van der Waals surface area contributed by atoms with Crippen LogP contribution in [0.5, 0.6) is 11.5 Å². The van der Waals surface area contributed by atoms with Crippen LogP contribution in [0.3, 0.4) is 0 Å². The van der Waals surface area contributed by atoms with Crippen molar-refractivity contribution in [2.75, 3.05) is 5.32 Å². The van der Waals surface area contributed by atoms with Gasteiger partial charge in [0.15, 0.2) is 0 Å². The molecule has 0 spiro atoms. The van der Waals surface area contributed by atoms with E-state index in [1.54, 1.807) is 6.92 Å². The van der Waals surface area contributed by atoms with Crippen molar-refractivity contribution in [2.45, 2.75) is 40.7 Å². The first-order valence-corrected chi connectivity index (χ1v) is 10.1. The number of anilines is 1. The number of non-ortho nitro benzene ring substituents is 1. The van der Waals surface area contributed by atoms with Crippen molar-refractivity contribution in [3.05, 3.63) is 79.1 Å². The zero-order valence-corrected chi connectivity index (χ0v) is 18.6. The number of nitro groups is 2. The minimum absolute atomic E-state index is 0.0328. The standard InChI is InChI=1S/C22H23N5O6/c1-13-5-6-14(2)20(9-13)33-19-11-17(10-18(12-19)26(29)30)23-21(28)7-8-25-16(4)22(27(31)32)15(3)24-25/h5-6,9-12H,7-8H2,1-4H3,(H,23,28). The first-order chi connectivity index (χ1) is 15.5. The third-order valence-corrected chi connectivity index (χ3v) is 5.03. The maximum atomic E-state index is 12.5. The van der Waals surface area contributed by atoms with Crippen LogP contribution in [0.2, 0.25) is 0 Å². The number of nitro benzene ring substituents is 1. The number of rotatable bonds is 8. The summed E-state index contributed by atoms with van der Waals surface area (Å²) in [5.41, 5.74) is 2.34. The van der Waals surface area contributed by atoms with E-state index in [0.717, 1.165) is 11.1 Å². The molecule has 1 heterocycles. The molecule has 33 heavy (non-hydrogen) atoms.